The fraction of sp³-hybridized carbons (Fsp3) is 0.333. The Kier molecular flexibility index (Phi) is 3.51. The maximum atomic E-state index is 11.3. The molecule has 0 saturated carbocycles. The molecule has 0 saturated heterocycles. The molecule has 0 aliphatic heterocycles. The van der Waals surface area contributed by atoms with E-state index in [0.717, 1.165) is 22.6 Å². The Morgan fingerprint density at radius 3 is 2.50 bits per heavy atom. The number of carbonyl (C=O) groups excluding carboxylic acids is 1. The zero-order valence-corrected chi connectivity index (χ0v) is 9.87. The first kappa shape index (κ1) is 12.1. The summed E-state index contributed by atoms with van der Waals surface area (Å²) in [5.41, 5.74) is 2.63. The number of nitrogens with zero attached hydrogens (tertiary/aromatic N) is 2. The van der Waals surface area contributed by atoms with Crippen LogP contribution in [-0.4, -0.2) is 20.1 Å². The van der Waals surface area contributed by atoms with Gasteiger partial charge in [-0.05, 0) is 37.1 Å². The Morgan fingerprint density at radius 1 is 1.38 bits per heavy atom. The highest BCUT2D eigenvalue weighted by Crippen LogP contribution is 2.29. The second kappa shape index (κ2) is 4.67. The van der Waals surface area contributed by atoms with Crippen molar-refractivity contribution >= 4 is 11.6 Å². The van der Waals surface area contributed by atoms with Crippen LogP contribution in [0, 0.1) is 25.2 Å². The predicted octanol–water partition coefficient (Wildman–Crippen LogP) is 1.80. The molecule has 1 aromatic rings. The summed E-state index contributed by atoms with van der Waals surface area (Å²) in [6.07, 6.45) is 0. The van der Waals surface area contributed by atoms with Gasteiger partial charge in [-0.3, -0.25) is 4.79 Å². The highest BCUT2D eigenvalue weighted by atomic mass is 16.5. The van der Waals surface area contributed by atoms with Crippen LogP contribution >= 0.6 is 0 Å². The van der Waals surface area contributed by atoms with E-state index in [2.05, 4.69) is 0 Å². The SMILES string of the molecule is COc1ccc(N(C)C(=O)C#N)c(C)c1C. The molecule has 0 unspecified atom stereocenters. The smallest absolute Gasteiger partial charge is 0.329 e. The first-order chi connectivity index (χ1) is 7.52. The highest BCUT2D eigenvalue weighted by Gasteiger charge is 2.14. The third kappa shape index (κ3) is 1.98. The van der Waals surface area contributed by atoms with Gasteiger partial charge in [0.15, 0.2) is 6.07 Å². The summed E-state index contributed by atoms with van der Waals surface area (Å²) in [6.45, 7) is 3.82. The van der Waals surface area contributed by atoms with Crippen molar-refractivity contribution in [2.45, 2.75) is 13.8 Å². The topological polar surface area (TPSA) is 53.3 Å². The lowest BCUT2D eigenvalue weighted by molar-refractivity contribution is -0.113. The van der Waals surface area contributed by atoms with Crippen molar-refractivity contribution in [2.75, 3.05) is 19.1 Å². The minimum Gasteiger partial charge on any atom is -0.496 e. The predicted molar refractivity (Wildman–Crippen MR) is 61.5 cm³/mol. The number of methoxy groups -OCH3 is 1. The second-order valence-electron chi connectivity index (χ2n) is 3.51. The number of amides is 1. The molecular weight excluding hydrogens is 204 g/mol. The van der Waals surface area contributed by atoms with Gasteiger partial charge in [-0.25, -0.2) is 0 Å². The fourth-order valence-electron chi connectivity index (χ4n) is 1.55. The average molecular weight is 218 g/mol. The normalized spacial score (nSPS) is 9.44. The molecule has 1 rings (SSSR count). The summed E-state index contributed by atoms with van der Waals surface area (Å²) in [4.78, 5) is 12.6. The first-order valence-corrected chi connectivity index (χ1v) is 4.85. The van der Waals surface area contributed by atoms with E-state index in [1.54, 1.807) is 32.4 Å². The summed E-state index contributed by atoms with van der Waals surface area (Å²) in [5, 5.41) is 8.56. The molecule has 0 bridgehead atoms. The van der Waals surface area contributed by atoms with E-state index in [-0.39, 0.29) is 0 Å². The quantitative estimate of drug-likeness (QED) is 0.711. The molecule has 0 fully saturated rings. The number of hydrogen-bond acceptors (Lipinski definition) is 3. The van der Waals surface area contributed by atoms with Crippen LogP contribution in [0.3, 0.4) is 0 Å². The van der Waals surface area contributed by atoms with E-state index in [9.17, 15) is 4.79 Å². The number of nitriles is 1. The molecule has 0 atom stereocenters. The molecule has 16 heavy (non-hydrogen) atoms. The van der Waals surface area contributed by atoms with Gasteiger partial charge in [-0.15, -0.1) is 0 Å². The van der Waals surface area contributed by atoms with Gasteiger partial charge in [-0.2, -0.15) is 5.26 Å². The summed E-state index contributed by atoms with van der Waals surface area (Å²) in [6, 6.07) is 5.16. The maximum Gasteiger partial charge on any atom is 0.329 e. The lowest BCUT2D eigenvalue weighted by atomic mass is 10.1. The number of benzene rings is 1. The summed E-state index contributed by atoms with van der Waals surface area (Å²) < 4.78 is 5.18. The van der Waals surface area contributed by atoms with Gasteiger partial charge in [0.2, 0.25) is 0 Å². The van der Waals surface area contributed by atoms with E-state index >= 15 is 0 Å². The van der Waals surface area contributed by atoms with Crippen molar-refractivity contribution in [3.8, 4) is 11.8 Å². The van der Waals surface area contributed by atoms with Crippen molar-refractivity contribution in [1.82, 2.24) is 0 Å². The molecule has 0 heterocycles. The van der Waals surface area contributed by atoms with Gasteiger partial charge < -0.3 is 9.64 Å². The van der Waals surface area contributed by atoms with Crippen LogP contribution in [0.15, 0.2) is 12.1 Å². The van der Waals surface area contributed by atoms with Crippen LogP contribution < -0.4 is 9.64 Å². The molecule has 0 aliphatic carbocycles. The molecule has 0 N–H and O–H groups in total. The van der Waals surface area contributed by atoms with Gasteiger partial charge in [0.05, 0.1) is 7.11 Å². The molecule has 0 radical (unpaired) electrons. The molecule has 0 spiro atoms. The zero-order chi connectivity index (χ0) is 12.3. The molecule has 1 aromatic carbocycles. The third-order valence-corrected chi connectivity index (χ3v) is 2.69. The van der Waals surface area contributed by atoms with Crippen molar-refractivity contribution in [2.24, 2.45) is 0 Å². The van der Waals surface area contributed by atoms with Crippen LogP contribution in [0.2, 0.25) is 0 Å². The monoisotopic (exact) mass is 218 g/mol. The number of rotatable bonds is 2. The molecule has 4 nitrogen and oxygen atoms in total. The Hall–Kier alpha value is -2.02. The summed E-state index contributed by atoms with van der Waals surface area (Å²) >= 11 is 0. The van der Waals surface area contributed by atoms with Crippen molar-refractivity contribution in [3.63, 3.8) is 0 Å². The fourth-order valence-corrected chi connectivity index (χ4v) is 1.55. The zero-order valence-electron chi connectivity index (χ0n) is 9.87. The number of hydrogen-bond donors (Lipinski definition) is 0. The molecule has 84 valence electrons. The number of anilines is 1. The van der Waals surface area contributed by atoms with Crippen molar-refractivity contribution < 1.29 is 9.53 Å². The van der Waals surface area contributed by atoms with Crippen molar-refractivity contribution in [3.05, 3.63) is 23.3 Å². The minimum atomic E-state index is -0.576. The minimum absolute atomic E-state index is 0.576. The summed E-state index contributed by atoms with van der Waals surface area (Å²) in [5.74, 6) is 0.201. The standard InChI is InChI=1S/C12H14N2O2/c1-8-9(2)11(16-4)6-5-10(8)14(3)12(15)7-13/h5-6H,1-4H3. The second-order valence-corrected chi connectivity index (χ2v) is 3.51. The summed E-state index contributed by atoms with van der Waals surface area (Å²) in [7, 11) is 3.19. The highest BCUT2D eigenvalue weighted by molar-refractivity contribution is 6.04. The van der Waals surface area contributed by atoms with Gasteiger partial charge in [0.1, 0.15) is 5.75 Å². The van der Waals surface area contributed by atoms with Crippen LogP contribution in [0.4, 0.5) is 5.69 Å². The van der Waals surface area contributed by atoms with E-state index in [4.69, 9.17) is 10.00 Å². The number of ether oxygens (including phenoxy) is 1. The van der Waals surface area contributed by atoms with E-state index in [0.29, 0.717) is 0 Å². The lowest BCUT2D eigenvalue weighted by Gasteiger charge is -2.19. The van der Waals surface area contributed by atoms with E-state index in [1.165, 1.54) is 4.90 Å². The van der Waals surface area contributed by atoms with E-state index in [1.807, 2.05) is 13.8 Å². The van der Waals surface area contributed by atoms with Gasteiger partial charge in [0, 0.05) is 12.7 Å². The average Bonchev–Trinajstić information content (AvgIpc) is 2.30. The molecule has 1 amide bonds. The van der Waals surface area contributed by atoms with Crippen LogP contribution in [0.25, 0.3) is 0 Å². The van der Waals surface area contributed by atoms with Gasteiger partial charge in [0.25, 0.3) is 0 Å². The van der Waals surface area contributed by atoms with Gasteiger partial charge >= 0.3 is 5.91 Å². The molecule has 4 heteroatoms. The Bertz CT molecular complexity index is 461. The van der Waals surface area contributed by atoms with Crippen molar-refractivity contribution in [1.29, 1.82) is 5.26 Å². The van der Waals surface area contributed by atoms with Crippen LogP contribution in [0.5, 0.6) is 5.75 Å². The Balaban J connectivity index is 3.23. The Morgan fingerprint density at radius 2 is 2.00 bits per heavy atom. The van der Waals surface area contributed by atoms with Gasteiger partial charge in [-0.1, -0.05) is 0 Å². The molecule has 0 aliphatic rings. The third-order valence-electron chi connectivity index (χ3n) is 2.69. The lowest BCUT2D eigenvalue weighted by Crippen LogP contribution is -2.25. The van der Waals surface area contributed by atoms with E-state index < -0.39 is 5.91 Å². The Labute approximate surface area is 95.0 Å². The molecule has 0 aromatic heterocycles. The van der Waals surface area contributed by atoms with Crippen LogP contribution in [0.1, 0.15) is 11.1 Å². The number of carbonyl (C=O) groups is 1. The van der Waals surface area contributed by atoms with Crippen LogP contribution in [-0.2, 0) is 4.79 Å². The largest absolute Gasteiger partial charge is 0.496 e. The maximum absolute atomic E-state index is 11.3. The molecular formula is C12H14N2O2. The first-order valence-electron chi connectivity index (χ1n) is 4.85.